The maximum Gasteiger partial charge on any atom is 0.244 e. The quantitative estimate of drug-likeness (QED) is 0.850. The SMILES string of the molecule is CCCC1NC2(CCCC2)C(=O)N1C1CCCOC1. The lowest BCUT2D eigenvalue weighted by molar-refractivity contribution is -0.138. The number of carbonyl (C=O) groups excluding carboxylic acids is 1. The highest BCUT2D eigenvalue weighted by Crippen LogP contribution is 2.38. The van der Waals surface area contributed by atoms with Gasteiger partial charge in [-0.15, -0.1) is 0 Å². The summed E-state index contributed by atoms with van der Waals surface area (Å²) >= 11 is 0. The zero-order chi connectivity index (χ0) is 13.3. The van der Waals surface area contributed by atoms with E-state index in [1.54, 1.807) is 0 Å². The molecule has 0 bridgehead atoms. The molecule has 0 aromatic rings. The molecule has 1 saturated carbocycles. The minimum atomic E-state index is -0.225. The summed E-state index contributed by atoms with van der Waals surface area (Å²) in [6.07, 6.45) is 9.02. The predicted molar refractivity (Wildman–Crippen MR) is 73.7 cm³/mol. The van der Waals surface area contributed by atoms with Crippen LogP contribution in [0.3, 0.4) is 0 Å². The molecule has 2 unspecified atom stereocenters. The van der Waals surface area contributed by atoms with Crippen molar-refractivity contribution in [1.82, 2.24) is 10.2 Å². The van der Waals surface area contributed by atoms with Gasteiger partial charge in [-0.1, -0.05) is 26.2 Å². The van der Waals surface area contributed by atoms with E-state index in [0.717, 1.165) is 51.7 Å². The van der Waals surface area contributed by atoms with Gasteiger partial charge >= 0.3 is 0 Å². The molecule has 1 aliphatic carbocycles. The Morgan fingerprint density at radius 3 is 2.79 bits per heavy atom. The molecule has 2 saturated heterocycles. The second-order valence-corrected chi connectivity index (χ2v) is 6.32. The summed E-state index contributed by atoms with van der Waals surface area (Å²) in [5.74, 6) is 0.360. The zero-order valence-corrected chi connectivity index (χ0v) is 12.0. The fourth-order valence-corrected chi connectivity index (χ4v) is 4.02. The molecule has 3 fully saturated rings. The lowest BCUT2D eigenvalue weighted by atomic mass is 9.97. The van der Waals surface area contributed by atoms with Crippen molar-refractivity contribution in [3.63, 3.8) is 0 Å². The van der Waals surface area contributed by atoms with Gasteiger partial charge in [0.15, 0.2) is 0 Å². The maximum atomic E-state index is 12.9. The third kappa shape index (κ3) is 2.29. The molecule has 3 rings (SSSR count). The number of carbonyl (C=O) groups is 1. The topological polar surface area (TPSA) is 41.6 Å². The second-order valence-electron chi connectivity index (χ2n) is 6.32. The van der Waals surface area contributed by atoms with Gasteiger partial charge in [0.25, 0.3) is 0 Å². The lowest BCUT2D eigenvalue weighted by Crippen LogP contribution is -2.48. The number of ether oxygens (including phenoxy) is 1. The van der Waals surface area contributed by atoms with Crippen molar-refractivity contribution >= 4 is 5.91 Å². The van der Waals surface area contributed by atoms with Gasteiger partial charge in [0.05, 0.1) is 24.4 Å². The van der Waals surface area contributed by atoms with Crippen molar-refractivity contribution in [2.75, 3.05) is 13.2 Å². The normalized spacial score (nSPS) is 34.4. The molecule has 1 N–H and O–H groups in total. The summed E-state index contributed by atoms with van der Waals surface area (Å²) in [6, 6.07) is 0.297. The van der Waals surface area contributed by atoms with E-state index < -0.39 is 0 Å². The van der Waals surface area contributed by atoms with Gasteiger partial charge in [0.1, 0.15) is 0 Å². The Bertz CT molecular complexity index is 333. The second kappa shape index (κ2) is 5.41. The third-order valence-electron chi connectivity index (χ3n) is 4.97. The Morgan fingerprint density at radius 2 is 2.16 bits per heavy atom. The molecule has 0 radical (unpaired) electrons. The summed E-state index contributed by atoms with van der Waals surface area (Å²) in [7, 11) is 0. The van der Waals surface area contributed by atoms with Gasteiger partial charge in [-0.05, 0) is 32.1 Å². The molecule has 19 heavy (non-hydrogen) atoms. The molecule has 0 aromatic heterocycles. The summed E-state index contributed by atoms with van der Waals surface area (Å²) in [6.45, 7) is 3.78. The summed E-state index contributed by atoms with van der Waals surface area (Å²) in [4.78, 5) is 15.1. The fraction of sp³-hybridized carbons (Fsp3) is 0.933. The van der Waals surface area contributed by atoms with Crippen molar-refractivity contribution in [3.8, 4) is 0 Å². The van der Waals surface area contributed by atoms with Crippen LogP contribution in [0.15, 0.2) is 0 Å². The van der Waals surface area contributed by atoms with E-state index in [4.69, 9.17) is 4.74 Å². The van der Waals surface area contributed by atoms with Crippen molar-refractivity contribution in [2.24, 2.45) is 0 Å². The highest BCUT2D eigenvalue weighted by molar-refractivity contribution is 5.89. The largest absolute Gasteiger partial charge is 0.379 e. The van der Waals surface area contributed by atoms with Gasteiger partial charge in [0.2, 0.25) is 5.91 Å². The van der Waals surface area contributed by atoms with Gasteiger partial charge in [-0.25, -0.2) is 0 Å². The van der Waals surface area contributed by atoms with Crippen LogP contribution >= 0.6 is 0 Å². The van der Waals surface area contributed by atoms with Crippen LogP contribution in [0.25, 0.3) is 0 Å². The van der Waals surface area contributed by atoms with E-state index in [-0.39, 0.29) is 11.7 Å². The minimum Gasteiger partial charge on any atom is -0.379 e. The molecule has 4 heteroatoms. The minimum absolute atomic E-state index is 0.225. The number of nitrogens with one attached hydrogen (secondary N) is 1. The number of hydrogen-bond acceptors (Lipinski definition) is 3. The zero-order valence-electron chi connectivity index (χ0n) is 12.0. The van der Waals surface area contributed by atoms with E-state index in [2.05, 4.69) is 17.1 Å². The van der Waals surface area contributed by atoms with E-state index >= 15 is 0 Å². The summed E-state index contributed by atoms with van der Waals surface area (Å²) < 4.78 is 5.60. The standard InChI is InChI=1S/C15H26N2O2/c1-2-6-13-16-15(8-3-4-9-15)14(18)17(13)12-7-5-10-19-11-12/h12-13,16H,2-11H2,1H3. The van der Waals surface area contributed by atoms with Crippen LogP contribution < -0.4 is 5.32 Å². The molecule has 2 aliphatic heterocycles. The van der Waals surface area contributed by atoms with Gasteiger partial charge < -0.3 is 9.64 Å². The molecule has 3 aliphatic rings. The van der Waals surface area contributed by atoms with Crippen molar-refractivity contribution in [2.45, 2.75) is 76.0 Å². The van der Waals surface area contributed by atoms with Crippen LogP contribution in [0.5, 0.6) is 0 Å². The first-order valence-electron chi connectivity index (χ1n) is 7.95. The van der Waals surface area contributed by atoms with Crippen LogP contribution in [0.4, 0.5) is 0 Å². The van der Waals surface area contributed by atoms with Crippen LogP contribution in [0, 0.1) is 0 Å². The third-order valence-corrected chi connectivity index (χ3v) is 4.97. The lowest BCUT2D eigenvalue weighted by Gasteiger charge is -2.35. The molecule has 4 nitrogen and oxygen atoms in total. The molecule has 2 heterocycles. The van der Waals surface area contributed by atoms with Gasteiger partial charge in [0, 0.05) is 6.61 Å². The Balaban J connectivity index is 1.80. The first-order valence-corrected chi connectivity index (χ1v) is 7.95. The Labute approximate surface area is 115 Å². The Kier molecular flexibility index (Phi) is 3.81. The number of hydrogen-bond donors (Lipinski definition) is 1. The fourth-order valence-electron chi connectivity index (χ4n) is 4.02. The average Bonchev–Trinajstić information content (AvgIpc) is 2.99. The summed E-state index contributed by atoms with van der Waals surface area (Å²) in [5, 5.41) is 3.69. The van der Waals surface area contributed by atoms with E-state index in [1.807, 2.05) is 0 Å². The van der Waals surface area contributed by atoms with Crippen LogP contribution in [-0.2, 0) is 9.53 Å². The van der Waals surface area contributed by atoms with Gasteiger partial charge in [-0.3, -0.25) is 10.1 Å². The highest BCUT2D eigenvalue weighted by atomic mass is 16.5. The first kappa shape index (κ1) is 13.4. The van der Waals surface area contributed by atoms with Crippen molar-refractivity contribution in [1.29, 1.82) is 0 Å². The number of rotatable bonds is 3. The molecule has 1 spiro atoms. The van der Waals surface area contributed by atoms with Crippen LogP contribution in [0.2, 0.25) is 0 Å². The molecule has 0 aromatic carbocycles. The maximum absolute atomic E-state index is 12.9. The first-order chi connectivity index (χ1) is 9.27. The number of amides is 1. The van der Waals surface area contributed by atoms with E-state index in [0.29, 0.717) is 11.9 Å². The van der Waals surface area contributed by atoms with Crippen molar-refractivity contribution < 1.29 is 9.53 Å². The molecule has 2 atom stereocenters. The average molecular weight is 266 g/mol. The van der Waals surface area contributed by atoms with Crippen LogP contribution in [0.1, 0.15) is 58.3 Å². The van der Waals surface area contributed by atoms with Gasteiger partial charge in [-0.2, -0.15) is 0 Å². The summed E-state index contributed by atoms with van der Waals surface area (Å²) in [5.41, 5.74) is -0.225. The van der Waals surface area contributed by atoms with Crippen LogP contribution in [-0.4, -0.2) is 41.8 Å². The smallest absolute Gasteiger partial charge is 0.244 e. The monoisotopic (exact) mass is 266 g/mol. The Morgan fingerprint density at radius 1 is 1.37 bits per heavy atom. The predicted octanol–water partition coefficient (Wildman–Crippen LogP) is 2.04. The van der Waals surface area contributed by atoms with Crippen molar-refractivity contribution in [3.05, 3.63) is 0 Å². The van der Waals surface area contributed by atoms with E-state index in [1.165, 1.54) is 12.8 Å². The molecule has 1 amide bonds. The molecular formula is C15H26N2O2. The number of nitrogens with zero attached hydrogens (tertiary/aromatic N) is 1. The molecular weight excluding hydrogens is 240 g/mol. The highest BCUT2D eigenvalue weighted by Gasteiger charge is 2.53. The Hall–Kier alpha value is -0.610. The van der Waals surface area contributed by atoms with E-state index in [9.17, 15) is 4.79 Å². The molecule has 108 valence electrons.